The summed E-state index contributed by atoms with van der Waals surface area (Å²) in [6.45, 7) is 2.20. The van der Waals surface area contributed by atoms with E-state index in [9.17, 15) is 31.5 Å². The Morgan fingerprint density at radius 2 is 1.53 bits per heavy atom. The van der Waals surface area contributed by atoms with Crippen LogP contribution >= 0.6 is 0 Å². The summed E-state index contributed by atoms with van der Waals surface area (Å²) in [5.74, 6) is -8.97. The Morgan fingerprint density at radius 3 is 1.82 bits per heavy atom. The highest BCUT2D eigenvalue weighted by Crippen LogP contribution is 2.35. The molecule has 0 bridgehead atoms. The number of rotatable bonds is 4. The summed E-state index contributed by atoms with van der Waals surface area (Å²) in [5.41, 5.74) is 3.16. The number of nitrogens with two attached hydrogens (primary N) is 1. The van der Waals surface area contributed by atoms with Crippen LogP contribution in [0.4, 0.5) is 22.0 Å². The number of hydrogen-bond donors (Lipinski definition) is 2. The molecule has 0 aromatic carbocycles. The Morgan fingerprint density at radius 1 is 1.12 bits per heavy atom. The predicted octanol–water partition coefficient (Wildman–Crippen LogP) is 0.954. The van der Waals surface area contributed by atoms with Crippen molar-refractivity contribution in [3.63, 3.8) is 0 Å². The first-order chi connectivity index (χ1) is 7.29. The van der Waals surface area contributed by atoms with E-state index in [2.05, 4.69) is 0 Å². The lowest BCUT2D eigenvalue weighted by Gasteiger charge is -2.28. The molecule has 3 N–H and O–H groups in total. The van der Waals surface area contributed by atoms with Crippen LogP contribution in [0.2, 0.25) is 0 Å². The number of alkyl halides is 5. The van der Waals surface area contributed by atoms with E-state index in [1.807, 2.05) is 0 Å². The molecular formula is C8H11F5N2O2. The standard InChI is InChI=1S/C8H11F5N2O2/c1-6(2,3-4(14)16)15-5(17)7(9,10)8(11,12)13/h3H2,1-2H3,(H2,14,16)(H,15,17). The molecule has 0 fully saturated rings. The van der Waals surface area contributed by atoms with Gasteiger partial charge in [-0.25, -0.2) is 0 Å². The second kappa shape index (κ2) is 4.46. The maximum absolute atomic E-state index is 12.5. The van der Waals surface area contributed by atoms with Crippen LogP contribution in [0.5, 0.6) is 0 Å². The number of halogens is 5. The summed E-state index contributed by atoms with van der Waals surface area (Å²) >= 11 is 0. The summed E-state index contributed by atoms with van der Waals surface area (Å²) in [7, 11) is 0. The molecule has 0 aliphatic heterocycles. The average molecular weight is 262 g/mol. The maximum atomic E-state index is 12.5. The van der Waals surface area contributed by atoms with Crippen molar-refractivity contribution < 1.29 is 31.5 Å². The monoisotopic (exact) mass is 262 g/mol. The first-order valence-electron chi connectivity index (χ1n) is 4.35. The third-order valence-corrected chi connectivity index (χ3v) is 1.71. The zero-order valence-corrected chi connectivity index (χ0v) is 8.99. The lowest BCUT2D eigenvalue weighted by atomic mass is 10.00. The number of carbonyl (C=O) groups excluding carboxylic acids is 2. The SMILES string of the molecule is CC(C)(CC(N)=O)NC(=O)C(F)(F)C(F)(F)F. The zero-order valence-electron chi connectivity index (χ0n) is 8.99. The highest BCUT2D eigenvalue weighted by Gasteiger charge is 2.63. The lowest BCUT2D eigenvalue weighted by Crippen LogP contribution is -2.56. The molecule has 0 radical (unpaired) electrons. The average Bonchev–Trinajstić information content (AvgIpc) is 1.97. The topological polar surface area (TPSA) is 72.2 Å². The van der Waals surface area contributed by atoms with Crippen LogP contribution in [0.3, 0.4) is 0 Å². The van der Waals surface area contributed by atoms with Crippen LogP contribution in [-0.2, 0) is 9.59 Å². The van der Waals surface area contributed by atoms with Crippen LogP contribution in [0.15, 0.2) is 0 Å². The van der Waals surface area contributed by atoms with Crippen molar-refractivity contribution >= 4 is 11.8 Å². The third kappa shape index (κ3) is 4.16. The van der Waals surface area contributed by atoms with Gasteiger partial charge in [0.2, 0.25) is 5.91 Å². The van der Waals surface area contributed by atoms with Gasteiger partial charge >= 0.3 is 18.0 Å². The minimum absolute atomic E-state index is 0.563. The summed E-state index contributed by atoms with van der Waals surface area (Å²) in [5, 5.41) is 1.42. The molecule has 0 spiro atoms. The molecule has 100 valence electrons. The van der Waals surface area contributed by atoms with Gasteiger partial charge in [-0.3, -0.25) is 9.59 Å². The summed E-state index contributed by atoms with van der Waals surface area (Å²) in [6.07, 6.45) is -6.55. The van der Waals surface area contributed by atoms with Crippen LogP contribution in [-0.4, -0.2) is 29.5 Å². The lowest BCUT2D eigenvalue weighted by molar-refractivity contribution is -0.270. The van der Waals surface area contributed by atoms with Crippen molar-refractivity contribution in [1.82, 2.24) is 5.32 Å². The number of amides is 2. The fourth-order valence-corrected chi connectivity index (χ4v) is 0.994. The largest absolute Gasteiger partial charge is 0.463 e. The van der Waals surface area contributed by atoms with Crippen LogP contribution in [0.25, 0.3) is 0 Å². The number of carbonyl (C=O) groups is 2. The fraction of sp³-hybridized carbons (Fsp3) is 0.750. The number of primary amides is 1. The van der Waals surface area contributed by atoms with Gasteiger partial charge < -0.3 is 11.1 Å². The first-order valence-corrected chi connectivity index (χ1v) is 4.35. The molecule has 0 atom stereocenters. The molecule has 2 amide bonds. The van der Waals surface area contributed by atoms with E-state index >= 15 is 0 Å². The van der Waals surface area contributed by atoms with E-state index in [-0.39, 0.29) is 0 Å². The number of hydrogen-bond acceptors (Lipinski definition) is 2. The molecule has 0 saturated carbocycles. The van der Waals surface area contributed by atoms with Gasteiger partial charge in [0.25, 0.3) is 0 Å². The van der Waals surface area contributed by atoms with Gasteiger partial charge in [-0.1, -0.05) is 0 Å². The van der Waals surface area contributed by atoms with Crippen LogP contribution in [0, 0.1) is 0 Å². The molecular weight excluding hydrogens is 251 g/mol. The van der Waals surface area contributed by atoms with E-state index in [0.717, 1.165) is 13.8 Å². The van der Waals surface area contributed by atoms with Gasteiger partial charge in [-0.15, -0.1) is 0 Å². The summed E-state index contributed by atoms with van der Waals surface area (Å²) < 4.78 is 60.5. The van der Waals surface area contributed by atoms with Gasteiger partial charge in [0.05, 0.1) is 0 Å². The second-order valence-corrected chi connectivity index (χ2v) is 4.05. The van der Waals surface area contributed by atoms with E-state index in [0.29, 0.717) is 0 Å². The molecule has 0 aliphatic rings. The van der Waals surface area contributed by atoms with Gasteiger partial charge in [-0.05, 0) is 13.8 Å². The minimum Gasteiger partial charge on any atom is -0.370 e. The Hall–Kier alpha value is -1.41. The Balaban J connectivity index is 4.82. The molecule has 0 unspecified atom stereocenters. The summed E-state index contributed by atoms with van der Waals surface area (Å²) in [4.78, 5) is 21.3. The molecule has 0 saturated heterocycles. The predicted molar refractivity (Wildman–Crippen MR) is 47.0 cm³/mol. The molecule has 0 aliphatic carbocycles. The van der Waals surface area contributed by atoms with Crippen molar-refractivity contribution in [1.29, 1.82) is 0 Å². The third-order valence-electron chi connectivity index (χ3n) is 1.71. The van der Waals surface area contributed by atoms with Gasteiger partial charge in [-0.2, -0.15) is 22.0 Å². The van der Waals surface area contributed by atoms with Crippen LogP contribution in [0.1, 0.15) is 20.3 Å². The second-order valence-electron chi connectivity index (χ2n) is 4.05. The molecule has 9 heteroatoms. The molecule has 0 rings (SSSR count). The van der Waals surface area contributed by atoms with Gasteiger partial charge in [0.1, 0.15) is 0 Å². The molecule has 4 nitrogen and oxygen atoms in total. The Bertz CT molecular complexity index is 324. The molecule has 17 heavy (non-hydrogen) atoms. The minimum atomic E-state index is -5.99. The Labute approximate surface area is 93.3 Å². The number of nitrogens with one attached hydrogen (secondary N) is 1. The highest BCUT2D eigenvalue weighted by molar-refractivity contribution is 5.85. The summed E-state index contributed by atoms with van der Waals surface area (Å²) in [6, 6.07) is 0. The quantitative estimate of drug-likeness (QED) is 0.740. The first kappa shape index (κ1) is 15.6. The van der Waals surface area contributed by atoms with E-state index in [1.165, 1.54) is 5.32 Å². The van der Waals surface area contributed by atoms with Crippen molar-refractivity contribution in [3.8, 4) is 0 Å². The maximum Gasteiger partial charge on any atom is 0.463 e. The zero-order chi connectivity index (χ0) is 14.1. The normalized spacial score (nSPS) is 13.4. The van der Waals surface area contributed by atoms with E-state index < -0.39 is 35.9 Å². The fourth-order valence-electron chi connectivity index (χ4n) is 0.994. The van der Waals surface area contributed by atoms with Crippen molar-refractivity contribution in [3.05, 3.63) is 0 Å². The van der Waals surface area contributed by atoms with Crippen LogP contribution < -0.4 is 11.1 Å². The molecule has 0 aromatic heterocycles. The van der Waals surface area contributed by atoms with Gasteiger partial charge in [0.15, 0.2) is 0 Å². The molecule has 0 heterocycles. The van der Waals surface area contributed by atoms with Crippen molar-refractivity contribution in [2.24, 2.45) is 5.73 Å². The highest BCUT2D eigenvalue weighted by atomic mass is 19.4. The van der Waals surface area contributed by atoms with Crippen molar-refractivity contribution in [2.45, 2.75) is 37.9 Å². The van der Waals surface area contributed by atoms with Gasteiger partial charge in [0, 0.05) is 12.0 Å². The van der Waals surface area contributed by atoms with E-state index in [4.69, 9.17) is 5.73 Å². The Kier molecular flexibility index (Phi) is 4.09. The molecule has 0 aromatic rings. The van der Waals surface area contributed by atoms with E-state index in [1.54, 1.807) is 0 Å². The smallest absolute Gasteiger partial charge is 0.370 e. The van der Waals surface area contributed by atoms with Crippen molar-refractivity contribution in [2.75, 3.05) is 0 Å².